The highest BCUT2D eigenvalue weighted by molar-refractivity contribution is 6.10. The summed E-state index contributed by atoms with van der Waals surface area (Å²) in [5, 5.41) is 6.08. The lowest BCUT2D eigenvalue weighted by molar-refractivity contribution is 0.0394. The van der Waals surface area contributed by atoms with Crippen molar-refractivity contribution in [2.24, 2.45) is 4.99 Å². The third-order valence-electron chi connectivity index (χ3n) is 4.99. The van der Waals surface area contributed by atoms with Crippen molar-refractivity contribution >= 4 is 23.5 Å². The van der Waals surface area contributed by atoms with Crippen molar-refractivity contribution in [3.8, 4) is 0 Å². The highest BCUT2D eigenvalue weighted by Crippen LogP contribution is 2.13. The first-order valence-corrected chi connectivity index (χ1v) is 10.2. The van der Waals surface area contributed by atoms with Crippen LogP contribution in [0.5, 0.6) is 0 Å². The van der Waals surface area contributed by atoms with E-state index in [0.717, 1.165) is 44.1 Å². The zero-order valence-corrected chi connectivity index (χ0v) is 17.9. The molecule has 2 N–H and O–H groups in total. The summed E-state index contributed by atoms with van der Waals surface area (Å²) in [6, 6.07) is 14.1. The summed E-state index contributed by atoms with van der Waals surface area (Å²) in [5.41, 5.74) is 2.71. The minimum Gasteiger partial charge on any atom is -0.465 e. The predicted octanol–water partition coefficient (Wildman–Crippen LogP) is 2.31. The summed E-state index contributed by atoms with van der Waals surface area (Å²) in [4.78, 5) is 31.2. The molecule has 31 heavy (non-hydrogen) atoms. The van der Waals surface area contributed by atoms with Crippen molar-refractivity contribution in [2.45, 2.75) is 6.92 Å². The standard InChI is InChI=1S/C23H28N4O4/c1-17-5-3-4-6-20(17)25-23(24-11-12-27-13-15-31-16-14-27)26-21(28)18-7-9-19(10-8-18)22(29)30-2/h3-10H,11-16H2,1-2H3,(H2,24,25,26,28). The van der Waals surface area contributed by atoms with Crippen molar-refractivity contribution in [1.82, 2.24) is 10.2 Å². The van der Waals surface area contributed by atoms with Crippen LogP contribution >= 0.6 is 0 Å². The lowest BCUT2D eigenvalue weighted by atomic mass is 10.1. The minimum atomic E-state index is -0.446. The molecule has 0 aromatic heterocycles. The van der Waals surface area contributed by atoms with Crippen LogP contribution in [-0.2, 0) is 9.47 Å². The Bertz CT molecular complexity index is 921. The predicted molar refractivity (Wildman–Crippen MR) is 120 cm³/mol. The van der Waals surface area contributed by atoms with Crippen LogP contribution in [0.4, 0.5) is 5.69 Å². The third kappa shape index (κ3) is 6.63. The van der Waals surface area contributed by atoms with Gasteiger partial charge in [0.1, 0.15) is 0 Å². The van der Waals surface area contributed by atoms with E-state index in [1.54, 1.807) is 24.3 Å². The van der Waals surface area contributed by atoms with Crippen molar-refractivity contribution in [1.29, 1.82) is 0 Å². The molecule has 1 saturated heterocycles. The number of benzene rings is 2. The van der Waals surface area contributed by atoms with E-state index in [9.17, 15) is 9.59 Å². The molecular weight excluding hydrogens is 396 g/mol. The average Bonchev–Trinajstić information content (AvgIpc) is 2.80. The van der Waals surface area contributed by atoms with Crippen molar-refractivity contribution < 1.29 is 19.1 Å². The number of anilines is 1. The summed E-state index contributed by atoms with van der Waals surface area (Å²) in [5.74, 6) is -0.384. The smallest absolute Gasteiger partial charge is 0.337 e. The molecule has 2 aromatic rings. The Morgan fingerprint density at radius 3 is 2.42 bits per heavy atom. The van der Waals surface area contributed by atoms with Crippen LogP contribution in [0.1, 0.15) is 26.3 Å². The van der Waals surface area contributed by atoms with E-state index >= 15 is 0 Å². The number of morpholine rings is 1. The minimum absolute atomic E-state index is 0.317. The molecule has 0 saturated carbocycles. The zero-order chi connectivity index (χ0) is 22.1. The second kappa shape index (κ2) is 11.2. The van der Waals surface area contributed by atoms with Gasteiger partial charge in [0.05, 0.1) is 32.4 Å². The number of hydrogen-bond donors (Lipinski definition) is 2. The second-order valence-electron chi connectivity index (χ2n) is 7.15. The van der Waals surface area contributed by atoms with E-state index in [4.69, 9.17) is 9.47 Å². The quantitative estimate of drug-likeness (QED) is 0.420. The van der Waals surface area contributed by atoms with Gasteiger partial charge in [-0.1, -0.05) is 18.2 Å². The number of methoxy groups -OCH3 is 1. The molecule has 8 nitrogen and oxygen atoms in total. The lowest BCUT2D eigenvalue weighted by Gasteiger charge is -2.25. The molecule has 0 radical (unpaired) electrons. The van der Waals surface area contributed by atoms with Crippen LogP contribution in [0.15, 0.2) is 53.5 Å². The maximum absolute atomic E-state index is 12.8. The number of amides is 1. The van der Waals surface area contributed by atoms with Crippen LogP contribution < -0.4 is 10.6 Å². The van der Waals surface area contributed by atoms with Gasteiger partial charge in [-0.2, -0.15) is 0 Å². The number of aryl methyl sites for hydroxylation is 1. The maximum Gasteiger partial charge on any atom is 0.337 e. The Morgan fingerprint density at radius 1 is 1.06 bits per heavy atom. The summed E-state index contributed by atoms with van der Waals surface area (Å²) in [6.07, 6.45) is 0. The normalized spacial score (nSPS) is 14.7. The highest BCUT2D eigenvalue weighted by atomic mass is 16.5. The molecule has 164 valence electrons. The molecule has 0 aliphatic carbocycles. The number of nitrogens with one attached hydrogen (secondary N) is 2. The van der Waals surface area contributed by atoms with E-state index in [2.05, 4.69) is 20.5 Å². The van der Waals surface area contributed by atoms with Gasteiger partial charge in [-0.05, 0) is 42.8 Å². The fourth-order valence-corrected chi connectivity index (χ4v) is 3.13. The topological polar surface area (TPSA) is 92.3 Å². The Labute approximate surface area is 182 Å². The van der Waals surface area contributed by atoms with Crippen LogP contribution in [-0.4, -0.2) is 69.2 Å². The first-order valence-electron chi connectivity index (χ1n) is 10.2. The first-order chi connectivity index (χ1) is 15.1. The molecule has 0 spiro atoms. The van der Waals surface area contributed by atoms with Crippen LogP contribution in [0, 0.1) is 6.92 Å². The number of carbonyl (C=O) groups is 2. The highest BCUT2D eigenvalue weighted by Gasteiger charge is 2.13. The monoisotopic (exact) mass is 424 g/mol. The molecule has 1 heterocycles. The third-order valence-corrected chi connectivity index (χ3v) is 4.99. The molecule has 0 bridgehead atoms. The van der Waals surface area contributed by atoms with Gasteiger partial charge >= 0.3 is 5.97 Å². The van der Waals surface area contributed by atoms with Crippen molar-refractivity contribution in [2.75, 3.05) is 51.8 Å². The molecule has 1 amide bonds. The van der Waals surface area contributed by atoms with Crippen molar-refractivity contribution in [3.63, 3.8) is 0 Å². The molecule has 1 aliphatic rings. The molecule has 8 heteroatoms. The van der Waals surface area contributed by atoms with Crippen LogP contribution in [0.2, 0.25) is 0 Å². The van der Waals surface area contributed by atoms with Gasteiger partial charge in [-0.25, -0.2) is 4.79 Å². The van der Waals surface area contributed by atoms with Gasteiger partial charge in [0.25, 0.3) is 5.91 Å². The maximum atomic E-state index is 12.8. The fourth-order valence-electron chi connectivity index (χ4n) is 3.13. The Kier molecular flexibility index (Phi) is 8.14. The number of para-hydroxylation sites is 1. The van der Waals surface area contributed by atoms with E-state index in [-0.39, 0.29) is 5.91 Å². The molecule has 3 rings (SSSR count). The van der Waals surface area contributed by atoms with Crippen LogP contribution in [0.25, 0.3) is 0 Å². The molecule has 0 unspecified atom stereocenters. The SMILES string of the molecule is COC(=O)c1ccc(C(=O)NC(=NCCN2CCOCC2)Nc2ccccc2C)cc1. The largest absolute Gasteiger partial charge is 0.465 e. The number of ether oxygens (including phenoxy) is 2. The first kappa shape index (κ1) is 22.5. The molecular formula is C23H28N4O4. The molecule has 1 aliphatic heterocycles. The number of esters is 1. The van der Waals surface area contributed by atoms with Gasteiger partial charge in [-0.15, -0.1) is 0 Å². The van der Waals surface area contributed by atoms with Gasteiger partial charge in [-0.3, -0.25) is 20.0 Å². The van der Waals surface area contributed by atoms with Gasteiger partial charge in [0.15, 0.2) is 0 Å². The van der Waals surface area contributed by atoms with Crippen LogP contribution in [0.3, 0.4) is 0 Å². The molecule has 2 aromatic carbocycles. The second-order valence-corrected chi connectivity index (χ2v) is 7.15. The number of nitrogens with zero attached hydrogens (tertiary/aromatic N) is 2. The number of carbonyl (C=O) groups excluding carboxylic acids is 2. The van der Waals surface area contributed by atoms with Gasteiger partial charge in [0.2, 0.25) is 5.96 Å². The van der Waals surface area contributed by atoms with E-state index < -0.39 is 5.97 Å². The Hall–Kier alpha value is -3.23. The fraction of sp³-hybridized carbons (Fsp3) is 0.348. The number of hydrogen-bond acceptors (Lipinski definition) is 6. The van der Waals surface area contributed by atoms with E-state index in [1.807, 2.05) is 31.2 Å². The lowest BCUT2D eigenvalue weighted by Crippen LogP contribution is -2.39. The number of aliphatic imine (C=N–C) groups is 1. The number of guanidine groups is 1. The summed E-state index contributed by atoms with van der Waals surface area (Å²) in [6.45, 7) is 6.54. The van der Waals surface area contributed by atoms with Crippen molar-refractivity contribution in [3.05, 3.63) is 65.2 Å². The van der Waals surface area contributed by atoms with Gasteiger partial charge in [0, 0.05) is 30.9 Å². The van der Waals surface area contributed by atoms with Gasteiger partial charge < -0.3 is 14.8 Å². The summed E-state index contributed by atoms with van der Waals surface area (Å²) >= 11 is 0. The summed E-state index contributed by atoms with van der Waals surface area (Å²) < 4.78 is 10.1. The molecule has 1 fully saturated rings. The summed E-state index contributed by atoms with van der Waals surface area (Å²) in [7, 11) is 1.32. The van der Waals surface area contributed by atoms with E-state index in [0.29, 0.717) is 23.6 Å². The van der Waals surface area contributed by atoms with E-state index in [1.165, 1.54) is 7.11 Å². The number of rotatable bonds is 6. The molecule has 0 atom stereocenters. The Balaban J connectivity index is 1.70. The zero-order valence-electron chi connectivity index (χ0n) is 17.9. The average molecular weight is 425 g/mol. The Morgan fingerprint density at radius 2 is 1.74 bits per heavy atom.